The van der Waals surface area contributed by atoms with Gasteiger partial charge in [-0.2, -0.15) is 0 Å². The molecule has 0 aromatic heterocycles. The van der Waals surface area contributed by atoms with Crippen molar-refractivity contribution in [3.63, 3.8) is 0 Å². The molecule has 0 radical (unpaired) electrons. The van der Waals surface area contributed by atoms with E-state index in [1.54, 1.807) is 0 Å². The summed E-state index contributed by atoms with van der Waals surface area (Å²) in [5, 5.41) is 10.9. The monoisotopic (exact) mass is 348 g/mol. The first-order valence-electron chi connectivity index (χ1n) is 11.3. The molecular formula is C24H44O. The molecule has 0 saturated carbocycles. The number of hydrogen-bond acceptors (Lipinski definition) is 1. The Kier molecular flexibility index (Phi) is 13.1. The zero-order valence-electron chi connectivity index (χ0n) is 17.2. The summed E-state index contributed by atoms with van der Waals surface area (Å²) in [4.78, 5) is 0. The highest BCUT2D eigenvalue weighted by atomic mass is 16.3. The van der Waals surface area contributed by atoms with Gasteiger partial charge in [0.1, 0.15) is 0 Å². The third-order valence-electron chi connectivity index (χ3n) is 5.59. The summed E-state index contributed by atoms with van der Waals surface area (Å²) in [5.41, 5.74) is 0.899. The molecule has 0 bridgehead atoms. The summed E-state index contributed by atoms with van der Waals surface area (Å²) in [6.07, 6.45) is 28.1. The maximum absolute atomic E-state index is 10.9. The van der Waals surface area contributed by atoms with E-state index < -0.39 is 5.60 Å². The van der Waals surface area contributed by atoms with Crippen molar-refractivity contribution >= 4 is 0 Å². The lowest BCUT2D eigenvalue weighted by molar-refractivity contribution is 0.0763. The smallest absolute Gasteiger partial charge is 0.0867 e. The highest BCUT2D eigenvalue weighted by molar-refractivity contribution is 5.25. The molecule has 0 heterocycles. The van der Waals surface area contributed by atoms with Crippen molar-refractivity contribution in [3.05, 3.63) is 23.8 Å². The summed E-state index contributed by atoms with van der Waals surface area (Å²) in [7, 11) is 0. The average Bonchev–Trinajstić information content (AvgIpc) is 2.60. The molecule has 1 nitrogen and oxygen atoms in total. The van der Waals surface area contributed by atoms with Crippen LogP contribution in [-0.2, 0) is 0 Å². The van der Waals surface area contributed by atoms with E-state index in [0.29, 0.717) is 0 Å². The van der Waals surface area contributed by atoms with Crippen LogP contribution in [0.4, 0.5) is 0 Å². The lowest BCUT2D eigenvalue weighted by Crippen LogP contribution is -2.28. The van der Waals surface area contributed by atoms with Gasteiger partial charge < -0.3 is 5.11 Å². The van der Waals surface area contributed by atoms with Gasteiger partial charge in [0, 0.05) is 6.42 Å². The van der Waals surface area contributed by atoms with Crippen LogP contribution >= 0.6 is 0 Å². The fourth-order valence-corrected chi connectivity index (χ4v) is 3.92. The molecule has 0 amide bonds. The number of rotatable bonds is 16. The highest BCUT2D eigenvalue weighted by Crippen LogP contribution is 2.31. The van der Waals surface area contributed by atoms with E-state index in [-0.39, 0.29) is 0 Å². The van der Waals surface area contributed by atoms with Gasteiger partial charge in [-0.15, -0.1) is 0 Å². The second-order valence-corrected chi connectivity index (χ2v) is 8.21. The molecule has 0 aromatic carbocycles. The highest BCUT2D eigenvalue weighted by Gasteiger charge is 2.26. The van der Waals surface area contributed by atoms with E-state index in [9.17, 15) is 5.11 Å². The molecule has 0 aromatic rings. The van der Waals surface area contributed by atoms with Crippen LogP contribution in [0.15, 0.2) is 23.8 Å². The summed E-state index contributed by atoms with van der Waals surface area (Å²) in [5.74, 6) is 0. The fraction of sp³-hybridized carbons (Fsp3) is 0.833. The first-order valence-corrected chi connectivity index (χ1v) is 11.3. The van der Waals surface area contributed by atoms with Gasteiger partial charge in [0.15, 0.2) is 0 Å². The van der Waals surface area contributed by atoms with Crippen molar-refractivity contribution in [3.8, 4) is 0 Å². The van der Waals surface area contributed by atoms with E-state index in [4.69, 9.17) is 0 Å². The number of aliphatic hydroxyl groups is 1. The van der Waals surface area contributed by atoms with Crippen LogP contribution < -0.4 is 0 Å². The minimum absolute atomic E-state index is 0.561. The first kappa shape index (κ1) is 22.5. The summed E-state index contributed by atoms with van der Waals surface area (Å²) < 4.78 is 0. The fourth-order valence-electron chi connectivity index (χ4n) is 3.92. The Hall–Kier alpha value is -0.560. The van der Waals surface area contributed by atoms with Crippen molar-refractivity contribution in [2.75, 3.05) is 0 Å². The Morgan fingerprint density at radius 3 is 1.88 bits per heavy atom. The zero-order chi connectivity index (χ0) is 18.2. The first-order chi connectivity index (χ1) is 12.2. The van der Waals surface area contributed by atoms with E-state index in [0.717, 1.165) is 19.3 Å². The van der Waals surface area contributed by atoms with E-state index in [1.807, 2.05) is 6.08 Å². The van der Waals surface area contributed by atoms with Crippen LogP contribution in [0.5, 0.6) is 0 Å². The Morgan fingerprint density at radius 2 is 1.28 bits per heavy atom. The molecule has 146 valence electrons. The van der Waals surface area contributed by atoms with Crippen molar-refractivity contribution in [1.29, 1.82) is 0 Å². The molecule has 1 aliphatic rings. The van der Waals surface area contributed by atoms with Crippen LogP contribution in [0.25, 0.3) is 0 Å². The normalized spacial score (nSPS) is 20.0. The Morgan fingerprint density at radius 1 is 0.760 bits per heavy atom. The number of unbranched alkanes of at least 4 members (excludes halogenated alkanes) is 12. The molecule has 1 unspecified atom stereocenters. The van der Waals surface area contributed by atoms with Crippen molar-refractivity contribution in [2.24, 2.45) is 0 Å². The number of hydrogen-bond donors (Lipinski definition) is 1. The molecule has 1 aliphatic carbocycles. The SMILES string of the molecule is CCCCCCCCCC1=CC=CC(O)(CCCCCCCCC)C1. The molecule has 1 atom stereocenters. The van der Waals surface area contributed by atoms with Crippen LogP contribution in [0.3, 0.4) is 0 Å². The lowest BCUT2D eigenvalue weighted by atomic mass is 9.83. The summed E-state index contributed by atoms with van der Waals surface area (Å²) in [6, 6.07) is 0. The van der Waals surface area contributed by atoms with Gasteiger partial charge in [0.05, 0.1) is 5.60 Å². The van der Waals surface area contributed by atoms with Crippen LogP contribution in [-0.4, -0.2) is 10.7 Å². The minimum atomic E-state index is -0.561. The topological polar surface area (TPSA) is 20.2 Å². The Bertz CT molecular complexity index is 368. The number of allylic oxidation sites excluding steroid dienone is 2. The van der Waals surface area contributed by atoms with Gasteiger partial charge in [-0.25, -0.2) is 0 Å². The quantitative estimate of drug-likeness (QED) is 0.281. The van der Waals surface area contributed by atoms with Crippen molar-refractivity contribution in [2.45, 2.75) is 129 Å². The maximum atomic E-state index is 10.9. The van der Waals surface area contributed by atoms with Crippen LogP contribution in [0.2, 0.25) is 0 Å². The van der Waals surface area contributed by atoms with Crippen molar-refractivity contribution < 1.29 is 5.11 Å². The van der Waals surface area contributed by atoms with E-state index in [1.165, 1.54) is 95.5 Å². The second kappa shape index (κ2) is 14.6. The lowest BCUT2D eigenvalue weighted by Gasteiger charge is -2.28. The summed E-state index contributed by atoms with van der Waals surface area (Å²) in [6.45, 7) is 4.54. The molecule has 0 fully saturated rings. The van der Waals surface area contributed by atoms with Crippen LogP contribution in [0.1, 0.15) is 123 Å². The Balaban J connectivity index is 2.09. The van der Waals surface area contributed by atoms with Crippen LogP contribution in [0, 0.1) is 0 Å². The third kappa shape index (κ3) is 11.6. The van der Waals surface area contributed by atoms with Gasteiger partial charge in [-0.1, -0.05) is 121 Å². The molecule has 1 N–H and O–H groups in total. The van der Waals surface area contributed by atoms with E-state index >= 15 is 0 Å². The molecule has 0 saturated heterocycles. The largest absolute Gasteiger partial charge is 0.385 e. The van der Waals surface area contributed by atoms with Crippen molar-refractivity contribution in [1.82, 2.24) is 0 Å². The summed E-state index contributed by atoms with van der Waals surface area (Å²) >= 11 is 0. The zero-order valence-corrected chi connectivity index (χ0v) is 17.2. The molecule has 0 spiro atoms. The Labute approximate surface area is 158 Å². The van der Waals surface area contributed by atoms with E-state index in [2.05, 4.69) is 26.0 Å². The predicted octanol–water partition coefficient (Wildman–Crippen LogP) is 7.89. The second-order valence-electron chi connectivity index (χ2n) is 8.21. The third-order valence-corrected chi connectivity index (χ3v) is 5.59. The standard InChI is InChI=1S/C24H44O/c1-3-5-7-9-11-13-15-18-23-19-17-21-24(25,22-23)20-16-14-12-10-8-6-4-2/h17,19,21,25H,3-16,18,20,22H2,1-2H3. The molecular weight excluding hydrogens is 304 g/mol. The molecule has 0 aliphatic heterocycles. The minimum Gasteiger partial charge on any atom is -0.385 e. The van der Waals surface area contributed by atoms with Gasteiger partial charge in [-0.05, 0) is 19.3 Å². The average molecular weight is 349 g/mol. The molecule has 1 rings (SSSR count). The van der Waals surface area contributed by atoms with Gasteiger partial charge in [-0.3, -0.25) is 0 Å². The molecule has 25 heavy (non-hydrogen) atoms. The van der Waals surface area contributed by atoms with Gasteiger partial charge >= 0.3 is 0 Å². The van der Waals surface area contributed by atoms with Gasteiger partial charge in [0.25, 0.3) is 0 Å². The molecule has 1 heteroatoms. The predicted molar refractivity (Wildman–Crippen MR) is 112 cm³/mol. The maximum Gasteiger partial charge on any atom is 0.0867 e. The van der Waals surface area contributed by atoms with Gasteiger partial charge in [0.2, 0.25) is 0 Å².